The number of carbonyl (C=O) groups excluding carboxylic acids is 3. The van der Waals surface area contributed by atoms with Gasteiger partial charge in [-0.1, -0.05) is 27.2 Å². The molecule has 8 unspecified atom stereocenters. The first-order chi connectivity index (χ1) is 27.2. The van der Waals surface area contributed by atoms with Crippen molar-refractivity contribution >= 4 is 17.7 Å². The van der Waals surface area contributed by atoms with E-state index in [1.165, 1.54) is 6.42 Å². The molecular formula is C44H76N6O7. The molecule has 5 saturated carbocycles. The second kappa shape index (κ2) is 18.0. The van der Waals surface area contributed by atoms with Gasteiger partial charge >= 0.3 is 0 Å². The van der Waals surface area contributed by atoms with Gasteiger partial charge in [-0.3, -0.25) is 24.5 Å². The zero-order valence-corrected chi connectivity index (χ0v) is 36.0. The van der Waals surface area contributed by atoms with Crippen molar-refractivity contribution in [3.05, 3.63) is 0 Å². The monoisotopic (exact) mass is 801 g/mol. The number of methoxy groups -OCH3 is 1. The molecule has 8 fully saturated rings. The summed E-state index contributed by atoms with van der Waals surface area (Å²) < 4.78 is 6.44. The van der Waals surface area contributed by atoms with Gasteiger partial charge in [0.05, 0.1) is 25.0 Å². The second-order valence-corrected chi connectivity index (χ2v) is 20.3. The molecule has 2 bridgehead atoms. The van der Waals surface area contributed by atoms with Crippen LogP contribution in [0.4, 0.5) is 0 Å². The SMILES string of the molecule is COC1C(CN2O[C@@H](CO)[C@@H]([C@H](C)O)[C@H]2C(=O)N[C@H]2CC3C[C@@H]([C@@H]2C)C3(C)C)CCCC1C1CC(C(=O)N2CCC[C@H]2C(=O)NC2CCCCN2)CC(N(C)C)C1. The first-order valence-corrected chi connectivity index (χ1v) is 22.8. The Morgan fingerprint density at radius 3 is 2.42 bits per heavy atom. The number of nitrogens with zero attached hydrogens (tertiary/aromatic N) is 3. The molecule has 324 valence electrons. The minimum atomic E-state index is -0.846. The fourth-order valence-corrected chi connectivity index (χ4v) is 13.2. The van der Waals surface area contributed by atoms with Gasteiger partial charge in [0, 0.05) is 50.0 Å². The van der Waals surface area contributed by atoms with E-state index in [4.69, 9.17) is 9.57 Å². The summed E-state index contributed by atoms with van der Waals surface area (Å²) >= 11 is 0. The smallest absolute Gasteiger partial charge is 0.244 e. The van der Waals surface area contributed by atoms with Crippen molar-refractivity contribution in [2.75, 3.05) is 47.4 Å². The van der Waals surface area contributed by atoms with Gasteiger partial charge in [-0.05, 0) is 140 Å². The number of hydrogen-bond donors (Lipinski definition) is 5. The van der Waals surface area contributed by atoms with Crippen LogP contribution < -0.4 is 16.0 Å². The number of ether oxygens (including phenoxy) is 1. The summed E-state index contributed by atoms with van der Waals surface area (Å²) in [5.41, 5.74) is 0.303. The highest BCUT2D eigenvalue weighted by Gasteiger charge is 2.58. The number of amides is 3. The number of hydrogen-bond acceptors (Lipinski definition) is 10. The quantitative estimate of drug-likeness (QED) is 0.199. The van der Waals surface area contributed by atoms with E-state index in [1.54, 1.807) is 19.1 Å². The Morgan fingerprint density at radius 2 is 1.77 bits per heavy atom. The maximum Gasteiger partial charge on any atom is 0.244 e. The average Bonchev–Trinajstić information content (AvgIpc) is 3.84. The van der Waals surface area contributed by atoms with Gasteiger partial charge in [-0.2, -0.15) is 5.06 Å². The number of hydroxylamine groups is 2. The molecule has 5 N–H and O–H groups in total. The van der Waals surface area contributed by atoms with Gasteiger partial charge in [-0.25, -0.2) is 0 Å². The minimum Gasteiger partial charge on any atom is -0.394 e. The molecule has 8 aliphatic rings. The van der Waals surface area contributed by atoms with Crippen molar-refractivity contribution in [3.63, 3.8) is 0 Å². The summed E-state index contributed by atoms with van der Waals surface area (Å²) in [5, 5.41) is 33.3. The highest BCUT2D eigenvalue weighted by molar-refractivity contribution is 5.89. The highest BCUT2D eigenvalue weighted by Crippen LogP contribution is 2.61. The van der Waals surface area contributed by atoms with Gasteiger partial charge in [-0.15, -0.1) is 0 Å². The summed E-state index contributed by atoms with van der Waals surface area (Å²) in [5.74, 6) is 1.31. The summed E-state index contributed by atoms with van der Waals surface area (Å²) in [7, 11) is 6.01. The molecule has 0 aromatic rings. The van der Waals surface area contributed by atoms with Crippen LogP contribution in [0.5, 0.6) is 0 Å². The Kier molecular flexibility index (Phi) is 13.7. The van der Waals surface area contributed by atoms with E-state index in [0.29, 0.717) is 42.7 Å². The van der Waals surface area contributed by atoms with E-state index in [1.807, 2.05) is 4.90 Å². The fraction of sp³-hybridized carbons (Fsp3) is 0.932. The number of piperidine rings is 1. The van der Waals surface area contributed by atoms with E-state index in [-0.39, 0.29) is 72.4 Å². The summed E-state index contributed by atoms with van der Waals surface area (Å²) in [4.78, 5) is 53.0. The fourth-order valence-electron chi connectivity index (χ4n) is 13.2. The second-order valence-electron chi connectivity index (χ2n) is 20.3. The van der Waals surface area contributed by atoms with Crippen LogP contribution in [0.3, 0.4) is 0 Å². The van der Waals surface area contributed by atoms with Crippen molar-refractivity contribution in [1.29, 1.82) is 0 Å². The maximum atomic E-state index is 14.5. The number of rotatable bonds is 12. The lowest BCUT2D eigenvalue weighted by Crippen LogP contribution is -2.62. The van der Waals surface area contributed by atoms with Crippen molar-refractivity contribution in [3.8, 4) is 0 Å². The number of carbonyl (C=O) groups is 3. The third-order valence-corrected chi connectivity index (χ3v) is 16.6. The average molecular weight is 801 g/mol. The van der Waals surface area contributed by atoms with Crippen molar-refractivity contribution in [1.82, 2.24) is 30.8 Å². The normalized spacial score (nSPS) is 42.7. The molecule has 0 radical (unpaired) electrons. The zero-order chi connectivity index (χ0) is 40.8. The largest absolute Gasteiger partial charge is 0.394 e. The lowest BCUT2D eigenvalue weighted by Gasteiger charge is -2.62. The molecular weight excluding hydrogens is 725 g/mol. The summed E-state index contributed by atoms with van der Waals surface area (Å²) in [6, 6.07) is -0.825. The van der Waals surface area contributed by atoms with Crippen LogP contribution in [0.15, 0.2) is 0 Å². The zero-order valence-electron chi connectivity index (χ0n) is 36.0. The summed E-state index contributed by atoms with van der Waals surface area (Å²) in [6.07, 6.45) is 10.7. The molecule has 0 spiro atoms. The van der Waals surface area contributed by atoms with Gasteiger partial charge in [0.1, 0.15) is 18.2 Å². The van der Waals surface area contributed by atoms with E-state index in [2.05, 4.69) is 55.7 Å². The van der Waals surface area contributed by atoms with Crippen molar-refractivity contribution < 1.29 is 34.2 Å². The molecule has 0 aromatic heterocycles. The molecule has 16 atom stereocenters. The molecule has 8 rings (SSSR count). The lowest BCUT2D eigenvalue weighted by atomic mass is 9.45. The van der Waals surface area contributed by atoms with Gasteiger partial charge in [0.25, 0.3) is 0 Å². The number of nitrogens with one attached hydrogen (secondary N) is 3. The molecule has 3 heterocycles. The van der Waals surface area contributed by atoms with Crippen molar-refractivity contribution in [2.45, 2.75) is 160 Å². The van der Waals surface area contributed by atoms with Crippen LogP contribution in [0.2, 0.25) is 0 Å². The van der Waals surface area contributed by atoms with Crippen LogP contribution in [0, 0.1) is 52.8 Å². The van der Waals surface area contributed by atoms with E-state index < -0.39 is 30.2 Å². The van der Waals surface area contributed by atoms with Crippen LogP contribution in [0.25, 0.3) is 0 Å². The molecule has 3 aliphatic heterocycles. The predicted molar refractivity (Wildman–Crippen MR) is 217 cm³/mol. The predicted octanol–water partition coefficient (Wildman–Crippen LogP) is 3.13. The highest BCUT2D eigenvalue weighted by atomic mass is 16.7. The molecule has 13 nitrogen and oxygen atoms in total. The van der Waals surface area contributed by atoms with E-state index in [9.17, 15) is 24.6 Å². The number of aliphatic hydroxyl groups excluding tert-OH is 2. The van der Waals surface area contributed by atoms with Crippen LogP contribution in [0.1, 0.15) is 111 Å². The Bertz CT molecular complexity index is 1410. The molecule has 3 saturated heterocycles. The standard InChI is InChI=1S/C44H76N6O7/c1-25-33-21-30(44(33,3)4)22-34(25)46-42(54)39-38(26(2)52)36(24-51)57-50(39)23-27-12-10-13-32(40(27)56-7)28-18-29(20-31(19-28)48(5)6)43(55)49-17-11-14-35(49)41(53)47-37-15-8-9-16-45-37/h25-40,45,51-52H,8-24H2,1-7H3,(H,46,54)(H,47,53)/t25-,26-,27?,28?,29?,30?,31?,32?,33-,34-,35-,36-,37?,38+,39-,40?/m0/s1. The molecule has 5 aliphatic carbocycles. The lowest BCUT2D eigenvalue weighted by molar-refractivity contribution is -0.193. The summed E-state index contributed by atoms with van der Waals surface area (Å²) in [6.45, 7) is 10.4. The van der Waals surface area contributed by atoms with Gasteiger partial charge in [0.15, 0.2) is 0 Å². The number of likely N-dealkylation sites (tertiary alicyclic amines) is 1. The van der Waals surface area contributed by atoms with Gasteiger partial charge in [0.2, 0.25) is 17.7 Å². The van der Waals surface area contributed by atoms with Crippen molar-refractivity contribution in [2.24, 2.45) is 52.8 Å². The number of fused-ring (bicyclic) bond motifs is 2. The first-order valence-electron chi connectivity index (χ1n) is 22.8. The Hall–Kier alpha value is -1.87. The van der Waals surface area contributed by atoms with Gasteiger partial charge < -0.3 is 35.4 Å². The topological polar surface area (TPSA) is 156 Å². The Morgan fingerprint density at radius 1 is 0.982 bits per heavy atom. The van der Waals surface area contributed by atoms with E-state index in [0.717, 1.165) is 77.2 Å². The van der Waals surface area contributed by atoms with Crippen LogP contribution in [-0.2, 0) is 24.0 Å². The van der Waals surface area contributed by atoms with E-state index >= 15 is 0 Å². The minimum absolute atomic E-state index is 0.0204. The maximum absolute atomic E-state index is 14.5. The third-order valence-electron chi connectivity index (χ3n) is 16.6. The third kappa shape index (κ3) is 8.69. The first kappa shape index (κ1) is 43.2. The van der Waals surface area contributed by atoms with Crippen LogP contribution >= 0.6 is 0 Å². The Balaban J connectivity index is 1.05. The molecule has 57 heavy (non-hydrogen) atoms. The molecule has 0 aromatic carbocycles. The molecule has 13 heteroatoms. The number of aliphatic hydroxyl groups is 2. The Labute approximate surface area is 342 Å². The molecule has 3 amide bonds. The van der Waals surface area contributed by atoms with Crippen LogP contribution in [-0.4, -0.2) is 139 Å².